The fraction of sp³-hybridized carbons (Fsp3) is 0.887. The van der Waals surface area contributed by atoms with Gasteiger partial charge in [-0.3, -0.25) is 14.4 Å². The van der Waals surface area contributed by atoms with Gasteiger partial charge in [-0.15, -0.1) is 0 Å². The fourth-order valence-corrected chi connectivity index (χ4v) is 9.08. The molecule has 0 aromatic carbocycles. The van der Waals surface area contributed by atoms with E-state index in [4.69, 9.17) is 14.2 Å². The minimum Gasteiger partial charge on any atom is -0.462 e. The third-order valence-corrected chi connectivity index (χ3v) is 13.7. The first-order valence-corrected chi connectivity index (χ1v) is 30.3. The van der Waals surface area contributed by atoms with E-state index in [1.807, 2.05) is 0 Å². The third kappa shape index (κ3) is 54.8. The first-order chi connectivity index (χ1) is 33.5. The molecule has 0 bridgehead atoms. The van der Waals surface area contributed by atoms with Gasteiger partial charge in [-0.25, -0.2) is 0 Å². The van der Waals surface area contributed by atoms with Gasteiger partial charge in [-0.05, 0) is 70.6 Å². The van der Waals surface area contributed by atoms with Gasteiger partial charge in [0.05, 0.1) is 0 Å². The van der Waals surface area contributed by atoms with Gasteiger partial charge in [-0.1, -0.05) is 270 Å². The van der Waals surface area contributed by atoms with E-state index >= 15 is 0 Å². The quantitative estimate of drug-likeness (QED) is 0.0262. The Morgan fingerprint density at radius 3 is 0.735 bits per heavy atom. The van der Waals surface area contributed by atoms with Crippen LogP contribution in [-0.4, -0.2) is 37.2 Å². The maximum Gasteiger partial charge on any atom is 0.306 e. The molecular weight excluding hydrogens is 841 g/mol. The van der Waals surface area contributed by atoms with Crippen molar-refractivity contribution in [3.05, 3.63) is 24.3 Å². The fourth-order valence-electron chi connectivity index (χ4n) is 9.08. The Bertz CT molecular complexity index is 1100. The Balaban J connectivity index is 4.10. The van der Waals surface area contributed by atoms with E-state index in [0.717, 1.165) is 57.8 Å². The van der Waals surface area contributed by atoms with Crippen molar-refractivity contribution in [1.29, 1.82) is 0 Å². The number of hydrogen-bond acceptors (Lipinski definition) is 6. The highest BCUT2D eigenvalue weighted by atomic mass is 16.6. The topological polar surface area (TPSA) is 78.9 Å². The van der Waals surface area contributed by atoms with Crippen molar-refractivity contribution < 1.29 is 28.6 Å². The van der Waals surface area contributed by atoms with Crippen LogP contribution < -0.4 is 0 Å². The molecule has 0 spiro atoms. The molecule has 1 unspecified atom stereocenters. The molecule has 0 saturated carbocycles. The maximum atomic E-state index is 12.8. The van der Waals surface area contributed by atoms with Gasteiger partial charge in [0.15, 0.2) is 6.10 Å². The molecule has 0 saturated heterocycles. The van der Waals surface area contributed by atoms with Gasteiger partial charge in [0, 0.05) is 19.3 Å². The van der Waals surface area contributed by atoms with Crippen LogP contribution in [0.5, 0.6) is 0 Å². The largest absolute Gasteiger partial charge is 0.462 e. The molecule has 0 aromatic heterocycles. The molecule has 0 radical (unpaired) electrons. The van der Waals surface area contributed by atoms with Crippen LogP contribution in [0.4, 0.5) is 0 Å². The Morgan fingerprint density at radius 2 is 0.485 bits per heavy atom. The van der Waals surface area contributed by atoms with E-state index in [1.165, 1.54) is 238 Å². The van der Waals surface area contributed by atoms with Crippen LogP contribution in [0.3, 0.4) is 0 Å². The zero-order chi connectivity index (χ0) is 49.3. The van der Waals surface area contributed by atoms with Gasteiger partial charge in [0.2, 0.25) is 0 Å². The SMILES string of the molecule is CCCCCCCCC/C=C\CCCCCCCCCC(=O)OC(COC(=O)CCCCCCCCC)COC(=O)CCCCCCCCCCCCCCC/C=C\CCCCCCCCCC. The van der Waals surface area contributed by atoms with Gasteiger partial charge in [-0.2, -0.15) is 0 Å². The average molecular weight is 958 g/mol. The highest BCUT2D eigenvalue weighted by molar-refractivity contribution is 5.71. The van der Waals surface area contributed by atoms with Gasteiger partial charge < -0.3 is 14.2 Å². The second kappa shape index (κ2) is 57.5. The highest BCUT2D eigenvalue weighted by Gasteiger charge is 2.19. The number of esters is 3. The lowest BCUT2D eigenvalue weighted by atomic mass is 10.0. The lowest BCUT2D eigenvalue weighted by Gasteiger charge is -2.18. The molecule has 0 heterocycles. The number of ether oxygens (including phenoxy) is 3. The van der Waals surface area contributed by atoms with Crippen molar-refractivity contribution in [3.63, 3.8) is 0 Å². The standard InChI is InChI=1S/C62H116O6/c1-4-7-10-13-16-18-20-22-24-26-28-29-30-31-32-33-34-36-37-39-41-43-46-49-52-55-61(64)67-58-59(57-66-60(63)54-51-48-45-15-12-9-6-3)68-62(65)56-53-50-47-44-42-40-38-35-27-25-23-21-19-17-14-11-8-5-2/h25-28,59H,4-24,29-58H2,1-3H3/b27-25-,28-26-. The van der Waals surface area contributed by atoms with Gasteiger partial charge in [0.25, 0.3) is 0 Å². The molecule has 400 valence electrons. The number of allylic oxidation sites excluding steroid dienone is 4. The molecule has 6 heteroatoms. The Hall–Kier alpha value is -2.11. The van der Waals surface area contributed by atoms with Crippen LogP contribution in [0.1, 0.15) is 335 Å². The minimum absolute atomic E-state index is 0.0691. The first-order valence-electron chi connectivity index (χ1n) is 30.3. The normalized spacial score (nSPS) is 12.1. The lowest BCUT2D eigenvalue weighted by molar-refractivity contribution is -0.167. The lowest BCUT2D eigenvalue weighted by Crippen LogP contribution is -2.30. The zero-order valence-corrected chi connectivity index (χ0v) is 45.9. The van der Waals surface area contributed by atoms with Crippen LogP contribution >= 0.6 is 0 Å². The summed E-state index contributed by atoms with van der Waals surface area (Å²) in [6, 6.07) is 0. The number of unbranched alkanes of at least 4 members (excludes halogenated alkanes) is 41. The van der Waals surface area contributed by atoms with E-state index < -0.39 is 6.10 Å². The predicted octanol–water partition coefficient (Wildman–Crippen LogP) is 20.3. The van der Waals surface area contributed by atoms with Crippen LogP contribution in [0, 0.1) is 0 Å². The molecule has 0 N–H and O–H groups in total. The van der Waals surface area contributed by atoms with E-state index in [0.29, 0.717) is 19.3 Å². The van der Waals surface area contributed by atoms with E-state index in [2.05, 4.69) is 45.1 Å². The van der Waals surface area contributed by atoms with Crippen molar-refractivity contribution in [3.8, 4) is 0 Å². The highest BCUT2D eigenvalue weighted by Crippen LogP contribution is 2.17. The summed E-state index contributed by atoms with van der Waals surface area (Å²) in [6.07, 6.45) is 67.8. The molecular formula is C62H116O6. The summed E-state index contributed by atoms with van der Waals surface area (Å²) in [7, 11) is 0. The molecule has 0 rings (SSSR count). The van der Waals surface area contributed by atoms with Crippen molar-refractivity contribution in [2.75, 3.05) is 13.2 Å². The van der Waals surface area contributed by atoms with Crippen molar-refractivity contribution in [1.82, 2.24) is 0 Å². The molecule has 0 aliphatic rings. The van der Waals surface area contributed by atoms with Crippen LogP contribution in [0.15, 0.2) is 24.3 Å². The number of carbonyl (C=O) groups is 3. The Labute approximate surface area is 423 Å². The van der Waals surface area contributed by atoms with Gasteiger partial charge in [0.1, 0.15) is 13.2 Å². The predicted molar refractivity (Wildman–Crippen MR) is 293 cm³/mol. The second-order valence-electron chi connectivity index (χ2n) is 20.6. The van der Waals surface area contributed by atoms with Crippen molar-refractivity contribution in [2.24, 2.45) is 0 Å². The summed E-state index contributed by atoms with van der Waals surface area (Å²) in [5.74, 6) is -0.861. The summed E-state index contributed by atoms with van der Waals surface area (Å²) in [5.41, 5.74) is 0. The van der Waals surface area contributed by atoms with Crippen LogP contribution in [0.2, 0.25) is 0 Å². The Kier molecular flexibility index (Phi) is 55.7. The molecule has 68 heavy (non-hydrogen) atoms. The molecule has 0 amide bonds. The maximum absolute atomic E-state index is 12.8. The first kappa shape index (κ1) is 65.9. The van der Waals surface area contributed by atoms with E-state index in [-0.39, 0.29) is 31.1 Å². The smallest absolute Gasteiger partial charge is 0.306 e. The molecule has 6 nitrogen and oxygen atoms in total. The number of carbonyl (C=O) groups excluding carboxylic acids is 3. The summed E-state index contributed by atoms with van der Waals surface area (Å²) in [6.45, 7) is 6.64. The molecule has 1 atom stereocenters. The molecule has 0 aliphatic heterocycles. The number of rotatable bonds is 56. The number of hydrogen-bond donors (Lipinski definition) is 0. The summed E-state index contributed by atoms with van der Waals surface area (Å²) in [4.78, 5) is 38.0. The summed E-state index contributed by atoms with van der Waals surface area (Å²) >= 11 is 0. The van der Waals surface area contributed by atoms with E-state index in [9.17, 15) is 14.4 Å². The van der Waals surface area contributed by atoms with Gasteiger partial charge >= 0.3 is 17.9 Å². The monoisotopic (exact) mass is 957 g/mol. The minimum atomic E-state index is -0.768. The van der Waals surface area contributed by atoms with Crippen molar-refractivity contribution >= 4 is 17.9 Å². The molecule has 0 fully saturated rings. The zero-order valence-electron chi connectivity index (χ0n) is 45.9. The summed E-state index contributed by atoms with van der Waals surface area (Å²) < 4.78 is 16.8. The molecule has 0 aromatic rings. The Morgan fingerprint density at radius 1 is 0.279 bits per heavy atom. The summed E-state index contributed by atoms with van der Waals surface area (Å²) in [5, 5.41) is 0. The van der Waals surface area contributed by atoms with E-state index in [1.54, 1.807) is 0 Å². The second-order valence-corrected chi connectivity index (χ2v) is 20.6. The molecule has 0 aliphatic carbocycles. The average Bonchev–Trinajstić information content (AvgIpc) is 3.34. The van der Waals surface area contributed by atoms with Crippen molar-refractivity contribution in [2.45, 2.75) is 341 Å². The van der Waals surface area contributed by atoms with Crippen LogP contribution in [0.25, 0.3) is 0 Å². The third-order valence-electron chi connectivity index (χ3n) is 13.7. The van der Waals surface area contributed by atoms with Crippen LogP contribution in [-0.2, 0) is 28.6 Å².